The molecule has 0 N–H and O–H groups in total. The lowest BCUT2D eigenvalue weighted by molar-refractivity contribution is -0.149. The molecule has 0 spiro atoms. The van der Waals surface area contributed by atoms with Gasteiger partial charge in [-0.2, -0.15) is 0 Å². The Kier molecular flexibility index (Phi) is 9.73. The van der Waals surface area contributed by atoms with Crippen molar-refractivity contribution in [1.82, 2.24) is 4.98 Å². The Bertz CT molecular complexity index is 1010. The van der Waals surface area contributed by atoms with Crippen LogP contribution < -0.4 is 0 Å². The van der Waals surface area contributed by atoms with Gasteiger partial charge in [0.2, 0.25) is 0 Å². The Morgan fingerprint density at radius 1 is 1.19 bits per heavy atom. The molecule has 206 valence electrons. The lowest BCUT2D eigenvalue weighted by Crippen LogP contribution is -2.32. The molecule has 0 aliphatic carbocycles. The number of aromatic nitrogens is 1. The van der Waals surface area contributed by atoms with Crippen molar-refractivity contribution in [3.05, 3.63) is 21.7 Å². The van der Waals surface area contributed by atoms with Crippen LogP contribution in [-0.4, -0.2) is 40.5 Å². The average Bonchev–Trinajstić information content (AvgIpc) is 3.22. The molecule has 1 aromatic heterocycles. The first-order valence-corrected chi connectivity index (χ1v) is 14.3. The summed E-state index contributed by atoms with van der Waals surface area (Å²) >= 11 is 1.42. The molecule has 5 atom stereocenters. The maximum absolute atomic E-state index is 13.2. The highest BCUT2D eigenvalue weighted by molar-refractivity contribution is 7.09. The predicted octanol–water partition coefficient (Wildman–Crippen LogP) is 6.29. The van der Waals surface area contributed by atoms with E-state index >= 15 is 0 Å². The lowest BCUT2D eigenvalue weighted by atomic mass is 9.75. The van der Waals surface area contributed by atoms with Crippen LogP contribution in [0.25, 0.3) is 6.08 Å². The van der Waals surface area contributed by atoms with Crippen molar-refractivity contribution < 1.29 is 28.6 Å². The van der Waals surface area contributed by atoms with Gasteiger partial charge < -0.3 is 14.2 Å². The smallest absolute Gasteiger partial charge is 0.306 e. The number of esters is 2. The fourth-order valence-electron chi connectivity index (χ4n) is 5.33. The first kappa shape index (κ1) is 29.5. The molecule has 1 aromatic rings. The van der Waals surface area contributed by atoms with Crippen molar-refractivity contribution in [2.45, 2.75) is 118 Å². The first-order valence-electron chi connectivity index (χ1n) is 13.5. The topological polar surface area (TPSA) is 95.1 Å². The number of carbonyl (C=O) groups excluding carboxylic acids is 3. The molecule has 37 heavy (non-hydrogen) atoms. The third-order valence-electron chi connectivity index (χ3n) is 7.78. The SMILES string of the molecule is CC(=O)OCc1nc(C=C(C)C2CC3OC3(C)CCCC(C)CC(C)C(=O)C(C)(C)CCC(=O)O2)cs1. The van der Waals surface area contributed by atoms with Crippen LogP contribution in [0.1, 0.15) is 104 Å². The van der Waals surface area contributed by atoms with Gasteiger partial charge in [-0.25, -0.2) is 4.98 Å². The van der Waals surface area contributed by atoms with E-state index in [9.17, 15) is 14.4 Å². The molecular formula is C29H43NO6S. The van der Waals surface area contributed by atoms with E-state index in [0.29, 0.717) is 23.8 Å². The van der Waals surface area contributed by atoms with Gasteiger partial charge >= 0.3 is 11.9 Å². The zero-order valence-corrected chi connectivity index (χ0v) is 24.2. The molecule has 5 unspecified atom stereocenters. The van der Waals surface area contributed by atoms with E-state index in [1.54, 1.807) is 0 Å². The van der Waals surface area contributed by atoms with Gasteiger partial charge in [0.05, 0.1) is 17.4 Å². The van der Waals surface area contributed by atoms with Gasteiger partial charge in [-0.3, -0.25) is 14.4 Å². The second-order valence-electron chi connectivity index (χ2n) is 11.9. The molecule has 0 amide bonds. The van der Waals surface area contributed by atoms with E-state index < -0.39 is 11.5 Å². The van der Waals surface area contributed by atoms with Crippen LogP contribution in [0.5, 0.6) is 0 Å². The summed E-state index contributed by atoms with van der Waals surface area (Å²) in [7, 11) is 0. The van der Waals surface area contributed by atoms with E-state index in [1.807, 2.05) is 39.2 Å². The van der Waals surface area contributed by atoms with Crippen LogP contribution >= 0.6 is 11.3 Å². The van der Waals surface area contributed by atoms with E-state index in [4.69, 9.17) is 14.2 Å². The number of cyclic esters (lactones) is 1. The van der Waals surface area contributed by atoms with Crippen LogP contribution in [-0.2, 0) is 35.2 Å². The highest BCUT2D eigenvalue weighted by atomic mass is 32.1. The number of hydrogen-bond donors (Lipinski definition) is 0. The van der Waals surface area contributed by atoms with Gasteiger partial charge in [-0.1, -0.05) is 40.5 Å². The zero-order chi connectivity index (χ0) is 27.4. The first-order chi connectivity index (χ1) is 17.3. The number of ketones is 1. The number of rotatable bonds is 4. The number of hydrogen-bond acceptors (Lipinski definition) is 8. The standard InChI is InChI=1S/C29H43NO6S/c1-18-9-8-11-29(7)24(36-29)15-23(19(2)14-22-17-37-25(30-22)16-34-21(4)31)35-26(32)10-12-28(5,6)27(33)20(3)13-18/h14,17-18,20,23-24H,8-13,15-16H2,1-7H3. The van der Waals surface area contributed by atoms with Gasteiger partial charge in [-0.05, 0) is 50.7 Å². The van der Waals surface area contributed by atoms with Gasteiger partial charge in [0.15, 0.2) is 0 Å². The molecule has 0 bridgehead atoms. The predicted molar refractivity (Wildman–Crippen MR) is 144 cm³/mol. The minimum absolute atomic E-state index is 0.0313. The summed E-state index contributed by atoms with van der Waals surface area (Å²) in [5.74, 6) is 0.00884. The third kappa shape index (κ3) is 8.47. The Balaban J connectivity index is 1.77. The Morgan fingerprint density at radius 2 is 1.92 bits per heavy atom. The van der Waals surface area contributed by atoms with Gasteiger partial charge in [-0.15, -0.1) is 11.3 Å². The molecule has 8 heteroatoms. The van der Waals surface area contributed by atoms with E-state index in [0.717, 1.165) is 37.0 Å². The van der Waals surface area contributed by atoms with Crippen molar-refractivity contribution in [2.24, 2.45) is 17.3 Å². The summed E-state index contributed by atoms with van der Waals surface area (Å²) in [6.45, 7) is 13.7. The normalized spacial score (nSPS) is 31.8. The highest BCUT2D eigenvalue weighted by Crippen LogP contribution is 2.45. The number of fused-ring (bicyclic) bond motifs is 1. The summed E-state index contributed by atoms with van der Waals surface area (Å²) in [6, 6.07) is 0. The second kappa shape index (κ2) is 12.2. The summed E-state index contributed by atoms with van der Waals surface area (Å²) in [5, 5.41) is 2.60. The van der Waals surface area contributed by atoms with E-state index in [-0.39, 0.29) is 48.4 Å². The number of thiazole rings is 1. The number of ether oxygens (including phenoxy) is 3. The molecule has 2 saturated heterocycles. The molecule has 2 fully saturated rings. The molecule has 2 aliphatic heterocycles. The maximum Gasteiger partial charge on any atom is 0.306 e. The van der Waals surface area contributed by atoms with Crippen LogP contribution in [0, 0.1) is 17.3 Å². The fraction of sp³-hybridized carbons (Fsp3) is 0.724. The molecule has 3 heterocycles. The van der Waals surface area contributed by atoms with Crippen LogP contribution in [0.2, 0.25) is 0 Å². The molecule has 7 nitrogen and oxygen atoms in total. The largest absolute Gasteiger partial charge is 0.458 e. The van der Waals surface area contributed by atoms with Crippen LogP contribution in [0.3, 0.4) is 0 Å². The molecule has 0 saturated carbocycles. The van der Waals surface area contributed by atoms with Crippen molar-refractivity contribution in [2.75, 3.05) is 0 Å². The number of nitrogens with zero attached hydrogens (tertiary/aromatic N) is 1. The quantitative estimate of drug-likeness (QED) is 0.331. The minimum Gasteiger partial charge on any atom is -0.458 e. The molecule has 0 aromatic carbocycles. The van der Waals surface area contributed by atoms with Gasteiger partial charge in [0, 0.05) is 36.5 Å². The third-order valence-corrected chi connectivity index (χ3v) is 8.62. The molecule has 3 rings (SSSR count). The zero-order valence-electron chi connectivity index (χ0n) is 23.4. The van der Waals surface area contributed by atoms with Crippen molar-refractivity contribution >= 4 is 35.1 Å². The van der Waals surface area contributed by atoms with E-state index in [1.165, 1.54) is 18.3 Å². The molecule has 2 aliphatic rings. The molecule has 0 radical (unpaired) electrons. The van der Waals surface area contributed by atoms with Crippen molar-refractivity contribution in [3.8, 4) is 0 Å². The molecular weight excluding hydrogens is 490 g/mol. The van der Waals surface area contributed by atoms with Gasteiger partial charge in [0.1, 0.15) is 23.5 Å². The fourth-order valence-corrected chi connectivity index (χ4v) is 5.99. The monoisotopic (exact) mass is 533 g/mol. The average molecular weight is 534 g/mol. The summed E-state index contributed by atoms with van der Waals surface area (Å²) in [4.78, 5) is 41.7. The number of Topliss-reactive ketones (excluding diaryl/α,β-unsaturated/α-hetero) is 1. The van der Waals surface area contributed by atoms with Gasteiger partial charge in [0.25, 0.3) is 0 Å². The Hall–Kier alpha value is -2.06. The van der Waals surface area contributed by atoms with Crippen LogP contribution in [0.4, 0.5) is 0 Å². The lowest BCUT2D eigenvalue weighted by Gasteiger charge is -2.28. The van der Waals surface area contributed by atoms with E-state index in [2.05, 4.69) is 18.8 Å². The summed E-state index contributed by atoms with van der Waals surface area (Å²) < 4.78 is 17.2. The summed E-state index contributed by atoms with van der Waals surface area (Å²) in [6.07, 6.45) is 6.68. The Labute approximate surface area is 225 Å². The maximum atomic E-state index is 13.2. The number of epoxide rings is 1. The second-order valence-corrected chi connectivity index (χ2v) is 12.8. The van der Waals surface area contributed by atoms with Crippen LogP contribution in [0.15, 0.2) is 11.0 Å². The number of carbonyl (C=O) groups is 3. The Morgan fingerprint density at radius 3 is 2.62 bits per heavy atom. The minimum atomic E-state index is -0.577. The summed E-state index contributed by atoms with van der Waals surface area (Å²) in [5.41, 5.74) is 0.839. The van der Waals surface area contributed by atoms with Crippen molar-refractivity contribution in [1.29, 1.82) is 0 Å². The van der Waals surface area contributed by atoms with Crippen molar-refractivity contribution in [3.63, 3.8) is 0 Å². The highest BCUT2D eigenvalue weighted by Gasteiger charge is 2.52.